The number of fused-ring (bicyclic) bond motifs is 2. The molecule has 2 fully saturated rings. The molecule has 4 rings (SSSR count). The number of nitrogens with one attached hydrogen (secondary N) is 2. The van der Waals surface area contributed by atoms with Crippen molar-refractivity contribution >= 4 is 27.5 Å². The molecule has 0 aliphatic carbocycles. The van der Waals surface area contributed by atoms with Crippen molar-refractivity contribution in [3.05, 3.63) is 29.3 Å². The zero-order valence-corrected chi connectivity index (χ0v) is 14.8. The molecule has 2 aliphatic rings. The van der Waals surface area contributed by atoms with Gasteiger partial charge >= 0.3 is 0 Å². The summed E-state index contributed by atoms with van der Waals surface area (Å²) in [6.07, 6.45) is 2.00. The molecule has 3 heterocycles. The molecule has 0 spiro atoms. The zero-order chi connectivity index (χ0) is 16.5. The molecule has 2 saturated heterocycles. The standard InChI is InChI=1S/C18H24N4OS/c1-12-8-13-9-19-10-15(13)22(12)11-17(23)20-7-6-18-21-14-4-2-3-5-16(14)24-18/h2-5,12-13,15,19H,6-11H2,1H3,(H,20,23)/t12-,13+,15-/m1/s1. The SMILES string of the molecule is C[C@@H]1C[C@H]2CNC[C@H]2N1CC(=O)NCCc1nc2ccccc2s1. The highest BCUT2D eigenvalue weighted by Crippen LogP contribution is 2.31. The molecule has 1 aromatic heterocycles. The van der Waals surface area contributed by atoms with E-state index in [1.807, 2.05) is 18.2 Å². The zero-order valence-electron chi connectivity index (χ0n) is 14.0. The molecule has 2 aliphatic heterocycles. The number of para-hydroxylation sites is 1. The molecule has 24 heavy (non-hydrogen) atoms. The minimum absolute atomic E-state index is 0.135. The molecule has 1 aromatic carbocycles. The minimum Gasteiger partial charge on any atom is -0.355 e. The number of carbonyl (C=O) groups is 1. The van der Waals surface area contributed by atoms with Crippen LogP contribution in [0.4, 0.5) is 0 Å². The largest absolute Gasteiger partial charge is 0.355 e. The lowest BCUT2D eigenvalue weighted by molar-refractivity contribution is -0.122. The van der Waals surface area contributed by atoms with Crippen LogP contribution in [0, 0.1) is 5.92 Å². The van der Waals surface area contributed by atoms with Crippen molar-refractivity contribution in [2.75, 3.05) is 26.2 Å². The fraction of sp³-hybridized carbons (Fsp3) is 0.556. The van der Waals surface area contributed by atoms with Crippen molar-refractivity contribution in [2.24, 2.45) is 5.92 Å². The van der Waals surface area contributed by atoms with Crippen LogP contribution in [0.2, 0.25) is 0 Å². The van der Waals surface area contributed by atoms with E-state index < -0.39 is 0 Å². The van der Waals surface area contributed by atoms with Gasteiger partial charge in [-0.3, -0.25) is 9.69 Å². The van der Waals surface area contributed by atoms with Gasteiger partial charge in [-0.1, -0.05) is 12.1 Å². The average Bonchev–Trinajstić information content (AvgIpc) is 3.24. The second-order valence-corrected chi connectivity index (χ2v) is 8.03. The van der Waals surface area contributed by atoms with Gasteiger partial charge in [-0.05, 0) is 37.9 Å². The Kier molecular flexibility index (Phi) is 4.52. The number of hydrogen-bond acceptors (Lipinski definition) is 5. The third kappa shape index (κ3) is 3.18. The Morgan fingerprint density at radius 3 is 3.17 bits per heavy atom. The number of amides is 1. The molecule has 5 nitrogen and oxygen atoms in total. The van der Waals surface area contributed by atoms with E-state index in [9.17, 15) is 4.79 Å². The maximum Gasteiger partial charge on any atom is 0.234 e. The molecule has 6 heteroatoms. The van der Waals surface area contributed by atoms with Gasteiger partial charge in [0, 0.05) is 31.6 Å². The normalized spacial score (nSPS) is 26.8. The highest BCUT2D eigenvalue weighted by molar-refractivity contribution is 7.18. The number of carbonyl (C=O) groups excluding carboxylic acids is 1. The summed E-state index contributed by atoms with van der Waals surface area (Å²) in [5.74, 6) is 0.853. The lowest BCUT2D eigenvalue weighted by Gasteiger charge is -2.26. The molecule has 0 unspecified atom stereocenters. The topological polar surface area (TPSA) is 57.3 Å². The van der Waals surface area contributed by atoms with Crippen molar-refractivity contribution < 1.29 is 4.79 Å². The molecule has 128 valence electrons. The summed E-state index contributed by atoms with van der Waals surface area (Å²) >= 11 is 1.71. The summed E-state index contributed by atoms with van der Waals surface area (Å²) in [6.45, 7) is 5.54. The van der Waals surface area contributed by atoms with Crippen LogP contribution in [0.5, 0.6) is 0 Å². The smallest absolute Gasteiger partial charge is 0.234 e. The Morgan fingerprint density at radius 1 is 1.42 bits per heavy atom. The van der Waals surface area contributed by atoms with Crippen molar-refractivity contribution in [3.8, 4) is 0 Å². The summed E-state index contributed by atoms with van der Waals surface area (Å²) in [4.78, 5) is 19.3. The quantitative estimate of drug-likeness (QED) is 0.866. The molecule has 2 aromatic rings. The van der Waals surface area contributed by atoms with E-state index in [4.69, 9.17) is 0 Å². The first-order valence-electron chi connectivity index (χ1n) is 8.78. The molecule has 0 radical (unpaired) electrons. The third-order valence-electron chi connectivity index (χ3n) is 5.27. The van der Waals surface area contributed by atoms with Gasteiger partial charge in [0.15, 0.2) is 0 Å². The van der Waals surface area contributed by atoms with Crippen molar-refractivity contribution in [1.82, 2.24) is 20.5 Å². The molecule has 0 saturated carbocycles. The number of likely N-dealkylation sites (tertiary alicyclic amines) is 1. The van der Waals surface area contributed by atoms with E-state index >= 15 is 0 Å². The van der Waals surface area contributed by atoms with E-state index in [0.29, 0.717) is 25.2 Å². The number of benzene rings is 1. The second-order valence-electron chi connectivity index (χ2n) is 6.92. The van der Waals surface area contributed by atoms with Crippen LogP contribution in [0.1, 0.15) is 18.4 Å². The molecular formula is C18H24N4OS. The molecule has 3 atom stereocenters. The van der Waals surface area contributed by atoms with Gasteiger partial charge in [-0.25, -0.2) is 4.98 Å². The average molecular weight is 344 g/mol. The first-order chi connectivity index (χ1) is 11.7. The third-order valence-corrected chi connectivity index (χ3v) is 6.36. The molecular weight excluding hydrogens is 320 g/mol. The number of hydrogen-bond donors (Lipinski definition) is 2. The fourth-order valence-electron chi connectivity index (χ4n) is 4.08. The van der Waals surface area contributed by atoms with E-state index in [0.717, 1.165) is 36.0 Å². The summed E-state index contributed by atoms with van der Waals surface area (Å²) in [7, 11) is 0. The lowest BCUT2D eigenvalue weighted by Crippen LogP contribution is -2.45. The Balaban J connectivity index is 1.27. The molecule has 2 N–H and O–H groups in total. The van der Waals surface area contributed by atoms with Gasteiger partial charge in [-0.15, -0.1) is 11.3 Å². The number of thiazole rings is 1. The van der Waals surface area contributed by atoms with Crippen LogP contribution < -0.4 is 10.6 Å². The first-order valence-corrected chi connectivity index (χ1v) is 9.60. The Labute approximate surface area is 146 Å². The summed E-state index contributed by atoms with van der Waals surface area (Å²) in [6, 6.07) is 9.22. The van der Waals surface area contributed by atoms with E-state index in [-0.39, 0.29) is 5.91 Å². The summed E-state index contributed by atoms with van der Waals surface area (Å²) in [5, 5.41) is 7.60. The minimum atomic E-state index is 0.135. The van der Waals surface area contributed by atoms with Crippen molar-refractivity contribution in [3.63, 3.8) is 0 Å². The van der Waals surface area contributed by atoms with Gasteiger partial charge in [0.05, 0.1) is 21.8 Å². The fourth-order valence-corrected chi connectivity index (χ4v) is 5.05. The van der Waals surface area contributed by atoms with Crippen molar-refractivity contribution in [1.29, 1.82) is 0 Å². The second kappa shape index (κ2) is 6.78. The monoisotopic (exact) mass is 344 g/mol. The predicted octanol–water partition coefficient (Wildman–Crippen LogP) is 1.64. The number of rotatable bonds is 5. The van der Waals surface area contributed by atoms with Crippen LogP contribution in [0.15, 0.2) is 24.3 Å². The maximum absolute atomic E-state index is 12.3. The maximum atomic E-state index is 12.3. The highest BCUT2D eigenvalue weighted by atomic mass is 32.1. The van der Waals surface area contributed by atoms with Crippen LogP contribution in [0.25, 0.3) is 10.2 Å². The molecule has 1 amide bonds. The van der Waals surface area contributed by atoms with Gasteiger partial charge in [0.25, 0.3) is 0 Å². The van der Waals surface area contributed by atoms with Gasteiger partial charge < -0.3 is 10.6 Å². The molecule has 0 bridgehead atoms. The number of aromatic nitrogens is 1. The first kappa shape index (κ1) is 16.0. The Hall–Kier alpha value is -1.50. The number of nitrogens with zero attached hydrogens (tertiary/aromatic N) is 2. The van der Waals surface area contributed by atoms with Gasteiger partial charge in [0.1, 0.15) is 0 Å². The summed E-state index contributed by atoms with van der Waals surface area (Å²) in [5.41, 5.74) is 1.05. The Morgan fingerprint density at radius 2 is 2.29 bits per heavy atom. The predicted molar refractivity (Wildman–Crippen MR) is 97.3 cm³/mol. The van der Waals surface area contributed by atoms with Crippen LogP contribution >= 0.6 is 11.3 Å². The van der Waals surface area contributed by atoms with Crippen LogP contribution in [-0.4, -0.2) is 54.1 Å². The lowest BCUT2D eigenvalue weighted by atomic mass is 10.0. The summed E-state index contributed by atoms with van der Waals surface area (Å²) < 4.78 is 1.21. The van der Waals surface area contributed by atoms with E-state index in [2.05, 4.69) is 33.5 Å². The van der Waals surface area contributed by atoms with Crippen LogP contribution in [-0.2, 0) is 11.2 Å². The van der Waals surface area contributed by atoms with Crippen LogP contribution in [0.3, 0.4) is 0 Å². The Bertz CT molecular complexity index is 698. The van der Waals surface area contributed by atoms with Gasteiger partial charge in [0.2, 0.25) is 5.91 Å². The van der Waals surface area contributed by atoms with E-state index in [1.54, 1.807) is 11.3 Å². The van der Waals surface area contributed by atoms with Gasteiger partial charge in [-0.2, -0.15) is 0 Å². The highest BCUT2D eigenvalue weighted by Gasteiger charge is 2.42. The van der Waals surface area contributed by atoms with E-state index in [1.165, 1.54) is 11.1 Å². The van der Waals surface area contributed by atoms with Crippen molar-refractivity contribution in [2.45, 2.75) is 31.8 Å².